The Balaban J connectivity index is 1.61. The van der Waals surface area contributed by atoms with Gasteiger partial charge in [-0.1, -0.05) is 24.3 Å². The number of methoxy groups -OCH3 is 2. The number of hydrogen-bond acceptors (Lipinski definition) is 8. The van der Waals surface area contributed by atoms with Crippen LogP contribution in [-0.4, -0.2) is 48.1 Å². The van der Waals surface area contributed by atoms with Gasteiger partial charge in [0.2, 0.25) is 11.8 Å². The van der Waals surface area contributed by atoms with Gasteiger partial charge in [-0.3, -0.25) is 14.5 Å². The van der Waals surface area contributed by atoms with Crippen molar-refractivity contribution in [1.82, 2.24) is 15.1 Å². The lowest BCUT2D eigenvalue weighted by molar-refractivity contribution is -0.123. The van der Waals surface area contributed by atoms with Crippen molar-refractivity contribution in [2.45, 2.75) is 25.6 Å². The van der Waals surface area contributed by atoms with Crippen molar-refractivity contribution in [3.8, 4) is 28.4 Å². The van der Waals surface area contributed by atoms with Crippen LogP contribution in [0.4, 0.5) is 5.82 Å². The van der Waals surface area contributed by atoms with Gasteiger partial charge in [0, 0.05) is 10.4 Å². The Hall–Kier alpha value is -4.48. The SMILES string of the molecule is COc1cccc(OC)c1-c1nn(-c2cccc(C)c2C)c2c1C(c1cccs1)SCC(=O)N2CC(=O)NCc1ccco1. The van der Waals surface area contributed by atoms with E-state index < -0.39 is 0 Å². The minimum Gasteiger partial charge on any atom is -0.496 e. The predicted octanol–water partition coefficient (Wildman–Crippen LogP) is 6.31. The zero-order valence-electron chi connectivity index (χ0n) is 24.8. The highest BCUT2D eigenvalue weighted by Gasteiger charge is 2.39. The largest absolute Gasteiger partial charge is 0.496 e. The van der Waals surface area contributed by atoms with Crippen LogP contribution in [0, 0.1) is 13.8 Å². The maximum absolute atomic E-state index is 14.0. The van der Waals surface area contributed by atoms with Crippen molar-refractivity contribution >= 4 is 40.7 Å². The van der Waals surface area contributed by atoms with E-state index in [9.17, 15) is 9.59 Å². The van der Waals surface area contributed by atoms with E-state index >= 15 is 0 Å². The smallest absolute Gasteiger partial charge is 0.240 e. The number of aromatic nitrogens is 2. The molecule has 5 aromatic rings. The van der Waals surface area contributed by atoms with E-state index in [0.29, 0.717) is 34.3 Å². The summed E-state index contributed by atoms with van der Waals surface area (Å²) in [6.07, 6.45) is 1.56. The summed E-state index contributed by atoms with van der Waals surface area (Å²) in [5, 5.41) is 9.92. The Labute approximate surface area is 263 Å². The summed E-state index contributed by atoms with van der Waals surface area (Å²) in [5.41, 5.74) is 5.01. The molecule has 1 unspecified atom stereocenters. The molecule has 4 heterocycles. The maximum atomic E-state index is 14.0. The van der Waals surface area contributed by atoms with Crippen LogP contribution in [0.2, 0.25) is 0 Å². The van der Waals surface area contributed by atoms with E-state index in [2.05, 4.69) is 11.4 Å². The molecule has 9 nitrogen and oxygen atoms in total. The zero-order chi connectivity index (χ0) is 30.8. The number of furan rings is 1. The molecule has 0 fully saturated rings. The molecule has 0 radical (unpaired) electrons. The Morgan fingerprint density at radius 2 is 1.82 bits per heavy atom. The summed E-state index contributed by atoms with van der Waals surface area (Å²) < 4.78 is 18.9. The quantitative estimate of drug-likeness (QED) is 0.204. The van der Waals surface area contributed by atoms with E-state index in [0.717, 1.165) is 27.3 Å². The van der Waals surface area contributed by atoms with E-state index in [1.165, 1.54) is 11.8 Å². The van der Waals surface area contributed by atoms with Crippen molar-refractivity contribution in [1.29, 1.82) is 0 Å². The van der Waals surface area contributed by atoms with Crippen LogP contribution in [0.25, 0.3) is 16.9 Å². The maximum Gasteiger partial charge on any atom is 0.240 e. The normalized spacial score (nSPS) is 14.7. The van der Waals surface area contributed by atoms with E-state index in [1.54, 1.807) is 48.9 Å². The first-order valence-corrected chi connectivity index (χ1v) is 16.0. The Morgan fingerprint density at radius 3 is 2.50 bits per heavy atom. The van der Waals surface area contributed by atoms with Gasteiger partial charge in [0.15, 0.2) is 0 Å². The van der Waals surface area contributed by atoms with E-state index in [-0.39, 0.29) is 35.9 Å². The van der Waals surface area contributed by atoms with Crippen molar-refractivity contribution in [2.24, 2.45) is 0 Å². The fourth-order valence-electron chi connectivity index (χ4n) is 5.38. The topological polar surface area (TPSA) is 98.8 Å². The molecule has 226 valence electrons. The molecule has 1 aliphatic heterocycles. The zero-order valence-corrected chi connectivity index (χ0v) is 26.5. The summed E-state index contributed by atoms with van der Waals surface area (Å²) in [7, 11) is 3.23. The standard InChI is InChI=1S/C33H32N4O5S2/c1-20-9-5-11-23(21(20)2)37-33-30(31(35-37)29-24(40-3)12-6-13-25(29)41-4)32(26-14-8-16-43-26)44-19-28(39)36(33)18-27(38)34-17-22-10-7-15-42-22/h5-16,32H,17-19H2,1-4H3,(H,34,38). The second-order valence-corrected chi connectivity index (χ2v) is 12.4. The first kappa shape index (κ1) is 29.6. The number of thiophene rings is 1. The predicted molar refractivity (Wildman–Crippen MR) is 173 cm³/mol. The highest BCUT2D eigenvalue weighted by Crippen LogP contribution is 2.52. The molecule has 44 heavy (non-hydrogen) atoms. The highest BCUT2D eigenvalue weighted by atomic mass is 32.2. The Bertz CT molecular complexity index is 1770. The van der Waals surface area contributed by atoms with Crippen molar-refractivity contribution in [3.05, 3.63) is 99.6 Å². The molecule has 0 aliphatic carbocycles. The monoisotopic (exact) mass is 628 g/mol. The first-order valence-electron chi connectivity index (χ1n) is 14.1. The summed E-state index contributed by atoms with van der Waals surface area (Å²) in [6.45, 7) is 4.10. The van der Waals surface area contributed by atoms with Gasteiger partial charge in [-0.2, -0.15) is 5.10 Å². The van der Waals surface area contributed by atoms with Crippen LogP contribution in [0.3, 0.4) is 0 Å². The van der Waals surface area contributed by atoms with Gasteiger partial charge in [0.05, 0.1) is 49.3 Å². The lowest BCUT2D eigenvalue weighted by Gasteiger charge is -2.24. The number of nitrogens with one attached hydrogen (secondary N) is 1. The summed E-state index contributed by atoms with van der Waals surface area (Å²) in [4.78, 5) is 30.1. The number of nitrogens with zero attached hydrogens (tertiary/aromatic N) is 3. The van der Waals surface area contributed by atoms with Gasteiger partial charge in [0.25, 0.3) is 0 Å². The minimum absolute atomic E-state index is 0.179. The van der Waals surface area contributed by atoms with Crippen LogP contribution in [0.5, 0.6) is 11.5 Å². The number of carbonyl (C=O) groups excluding carboxylic acids is 2. The number of rotatable bonds is 9. The number of carbonyl (C=O) groups is 2. The molecule has 2 aromatic carbocycles. The second-order valence-electron chi connectivity index (χ2n) is 10.3. The van der Waals surface area contributed by atoms with Crippen LogP contribution in [-0.2, 0) is 16.1 Å². The average molecular weight is 629 g/mol. The molecule has 1 aliphatic rings. The van der Waals surface area contributed by atoms with E-state index in [1.807, 2.05) is 66.4 Å². The third-order valence-electron chi connectivity index (χ3n) is 7.70. The van der Waals surface area contributed by atoms with Crippen molar-refractivity contribution < 1.29 is 23.5 Å². The number of hydrogen-bond donors (Lipinski definition) is 1. The molecule has 0 saturated heterocycles. The lowest BCUT2D eigenvalue weighted by Crippen LogP contribution is -2.42. The van der Waals surface area contributed by atoms with Crippen molar-refractivity contribution in [2.75, 3.05) is 31.4 Å². The number of benzene rings is 2. The van der Waals surface area contributed by atoms with Crippen molar-refractivity contribution in [3.63, 3.8) is 0 Å². The molecule has 11 heteroatoms. The average Bonchev–Trinajstić information content (AvgIpc) is 3.81. The molecular formula is C33H32N4O5S2. The van der Waals surface area contributed by atoms with Gasteiger partial charge < -0.3 is 19.2 Å². The Kier molecular flexibility index (Phi) is 8.49. The van der Waals surface area contributed by atoms with Crippen LogP contribution < -0.4 is 19.7 Å². The second kappa shape index (κ2) is 12.6. The molecule has 1 N–H and O–H groups in total. The number of thioether (sulfide) groups is 1. The molecule has 0 saturated carbocycles. The first-order chi connectivity index (χ1) is 21.4. The van der Waals surface area contributed by atoms with Gasteiger partial charge in [-0.25, -0.2) is 4.68 Å². The third kappa shape index (κ3) is 5.48. The number of ether oxygens (including phenoxy) is 2. The van der Waals surface area contributed by atoms with E-state index in [4.69, 9.17) is 19.0 Å². The van der Waals surface area contributed by atoms with Crippen LogP contribution >= 0.6 is 23.1 Å². The van der Waals surface area contributed by atoms with Gasteiger partial charge >= 0.3 is 0 Å². The van der Waals surface area contributed by atoms with Gasteiger partial charge in [-0.05, 0) is 66.8 Å². The summed E-state index contributed by atoms with van der Waals surface area (Å²) in [5.74, 6) is 2.03. The third-order valence-corrected chi connectivity index (χ3v) is 10.0. The van der Waals surface area contributed by atoms with Crippen LogP contribution in [0.1, 0.15) is 32.6 Å². The fourth-order valence-corrected chi connectivity index (χ4v) is 7.56. The molecule has 0 bridgehead atoms. The van der Waals surface area contributed by atoms with Gasteiger partial charge in [0.1, 0.15) is 35.3 Å². The summed E-state index contributed by atoms with van der Waals surface area (Å²) in [6, 6.07) is 19.2. The molecule has 2 amide bonds. The van der Waals surface area contributed by atoms with Crippen LogP contribution in [0.15, 0.2) is 76.7 Å². The number of anilines is 1. The Morgan fingerprint density at radius 1 is 1.05 bits per heavy atom. The number of aryl methyl sites for hydroxylation is 1. The molecule has 6 rings (SSSR count). The molecule has 3 aromatic heterocycles. The lowest BCUT2D eigenvalue weighted by atomic mass is 10.0. The van der Waals surface area contributed by atoms with Gasteiger partial charge in [-0.15, -0.1) is 23.1 Å². The molecular weight excluding hydrogens is 597 g/mol. The minimum atomic E-state index is -0.314. The summed E-state index contributed by atoms with van der Waals surface area (Å²) >= 11 is 3.14. The molecule has 0 spiro atoms. The number of amides is 2. The molecule has 1 atom stereocenters. The number of fused-ring (bicyclic) bond motifs is 1. The fraction of sp³-hybridized carbons (Fsp3) is 0.242. The highest BCUT2D eigenvalue weighted by molar-refractivity contribution is 8.00.